The van der Waals surface area contributed by atoms with Crippen LogP contribution in [0.15, 0.2) is 0 Å². The molecule has 206 valence electrons. The molecule has 0 aromatic rings. The number of nitrogens with two attached hydrogens (primary N) is 3. The van der Waals surface area contributed by atoms with Gasteiger partial charge in [-0.05, 0) is 26.3 Å². The first-order valence-corrected chi connectivity index (χ1v) is 12.2. The summed E-state index contributed by atoms with van der Waals surface area (Å²) in [6.07, 6.45) is -13.7. The lowest BCUT2D eigenvalue weighted by molar-refractivity contribution is -0.315. The molecule has 15 atom stereocenters. The molecule has 0 amide bonds. The zero-order chi connectivity index (χ0) is 26.0. The Labute approximate surface area is 204 Å². The maximum absolute atomic E-state index is 11.2. The molecule has 3 aliphatic rings. The van der Waals surface area contributed by atoms with E-state index in [9.17, 15) is 30.6 Å². The molecule has 0 radical (unpaired) electrons. The third-order valence-electron chi connectivity index (χ3n) is 6.97. The molecule has 0 aromatic heterocycles. The summed E-state index contributed by atoms with van der Waals surface area (Å²) in [6.45, 7) is 3.91. The summed E-state index contributed by atoms with van der Waals surface area (Å²) >= 11 is 0. The summed E-state index contributed by atoms with van der Waals surface area (Å²) in [5.74, 6) is 0. The molecule has 14 unspecified atom stereocenters. The highest BCUT2D eigenvalue weighted by Crippen LogP contribution is 2.32. The van der Waals surface area contributed by atoms with Crippen molar-refractivity contribution in [2.75, 3.05) is 13.1 Å². The van der Waals surface area contributed by atoms with Crippen LogP contribution in [-0.4, -0.2) is 135 Å². The van der Waals surface area contributed by atoms with Crippen LogP contribution < -0.4 is 22.5 Å². The number of aliphatic hydroxyl groups excluding tert-OH is 6. The van der Waals surface area contributed by atoms with Crippen molar-refractivity contribution in [3.05, 3.63) is 0 Å². The average molecular weight is 511 g/mol. The molecule has 3 rings (SSSR count). The van der Waals surface area contributed by atoms with E-state index in [1.165, 1.54) is 6.92 Å². The Kier molecular flexibility index (Phi) is 10.2. The highest BCUT2D eigenvalue weighted by atomic mass is 16.7. The van der Waals surface area contributed by atoms with Gasteiger partial charge in [-0.1, -0.05) is 6.92 Å². The van der Waals surface area contributed by atoms with E-state index in [4.69, 9.17) is 36.1 Å². The number of hydrogen-bond acceptors (Lipinski definition) is 14. The normalized spacial score (nSPS) is 49.8. The molecule has 35 heavy (non-hydrogen) atoms. The number of aliphatic hydroxyl groups is 6. The van der Waals surface area contributed by atoms with Gasteiger partial charge in [0, 0.05) is 18.6 Å². The van der Waals surface area contributed by atoms with Gasteiger partial charge in [0.2, 0.25) is 0 Å². The molecule has 1 aliphatic carbocycles. The molecule has 14 heteroatoms. The van der Waals surface area contributed by atoms with Crippen LogP contribution in [0.25, 0.3) is 0 Å². The molecular weight excluding hydrogens is 468 g/mol. The lowest BCUT2D eigenvalue weighted by atomic mass is 9.83. The van der Waals surface area contributed by atoms with Crippen molar-refractivity contribution in [3.8, 4) is 0 Å². The van der Waals surface area contributed by atoms with E-state index in [0.717, 1.165) is 6.42 Å². The molecule has 2 aliphatic heterocycles. The molecule has 0 aromatic carbocycles. The highest BCUT2D eigenvalue weighted by Gasteiger charge is 2.52. The van der Waals surface area contributed by atoms with E-state index in [1.807, 2.05) is 6.92 Å². The van der Waals surface area contributed by atoms with Crippen molar-refractivity contribution < 1.29 is 49.6 Å². The van der Waals surface area contributed by atoms with Crippen LogP contribution in [-0.2, 0) is 18.9 Å². The van der Waals surface area contributed by atoms with Crippen molar-refractivity contribution in [2.45, 2.75) is 118 Å². The molecule has 2 heterocycles. The van der Waals surface area contributed by atoms with E-state index < -0.39 is 91.7 Å². The summed E-state index contributed by atoms with van der Waals surface area (Å²) in [7, 11) is 0. The SMILES string of the molecule is CCCNC1CC(N)C(OC2OC([C@@H](C)O)C(O)C(O)C2N)C(OC2OC(CN)C(O)C2O)C1O. The molecule has 2 saturated heterocycles. The van der Waals surface area contributed by atoms with E-state index in [2.05, 4.69) is 5.32 Å². The van der Waals surface area contributed by atoms with Gasteiger partial charge in [0.15, 0.2) is 12.6 Å². The summed E-state index contributed by atoms with van der Waals surface area (Å²) in [4.78, 5) is 0. The van der Waals surface area contributed by atoms with E-state index in [0.29, 0.717) is 13.0 Å². The maximum Gasteiger partial charge on any atom is 0.187 e. The minimum atomic E-state index is -1.46. The standard InChI is InChI=1S/C21H42N4O10/c1-3-4-25-9-5-8(23)18(34-20-11(24)14(29)15(30)17(33-20)7(2)26)19(12(9)27)35-21-16(31)13(28)10(6-22)32-21/h7-21,25-31H,3-6,22-24H2,1-2H3/t7-,8?,9?,10?,11?,12?,13?,14?,15?,16?,17?,18?,19?,20?,21?/m1/s1. The first kappa shape index (κ1) is 29.0. The smallest absolute Gasteiger partial charge is 0.187 e. The van der Waals surface area contributed by atoms with Crippen LogP contribution in [0.4, 0.5) is 0 Å². The first-order valence-electron chi connectivity index (χ1n) is 12.2. The second kappa shape index (κ2) is 12.3. The molecule has 3 fully saturated rings. The van der Waals surface area contributed by atoms with Crippen molar-refractivity contribution in [2.24, 2.45) is 17.2 Å². The Hall–Kier alpha value is -0.560. The fourth-order valence-corrected chi connectivity index (χ4v) is 4.87. The van der Waals surface area contributed by atoms with Crippen LogP contribution in [0.1, 0.15) is 26.7 Å². The quantitative estimate of drug-likeness (QED) is 0.139. The zero-order valence-corrected chi connectivity index (χ0v) is 20.0. The number of ether oxygens (including phenoxy) is 4. The van der Waals surface area contributed by atoms with Crippen LogP contribution in [0, 0.1) is 0 Å². The van der Waals surface area contributed by atoms with Gasteiger partial charge in [0.25, 0.3) is 0 Å². The summed E-state index contributed by atoms with van der Waals surface area (Å²) in [5.41, 5.74) is 18.0. The second-order valence-electron chi connectivity index (χ2n) is 9.68. The minimum absolute atomic E-state index is 0.0584. The fraction of sp³-hybridized carbons (Fsp3) is 1.00. The van der Waals surface area contributed by atoms with Gasteiger partial charge >= 0.3 is 0 Å². The van der Waals surface area contributed by atoms with Crippen LogP contribution in [0.3, 0.4) is 0 Å². The Morgan fingerprint density at radius 2 is 1.57 bits per heavy atom. The summed E-state index contributed by atoms with van der Waals surface area (Å²) in [5, 5.41) is 65.5. The number of nitrogens with one attached hydrogen (secondary N) is 1. The maximum atomic E-state index is 11.2. The van der Waals surface area contributed by atoms with E-state index >= 15 is 0 Å². The summed E-state index contributed by atoms with van der Waals surface area (Å²) < 4.78 is 23.2. The lowest BCUT2D eigenvalue weighted by Crippen LogP contribution is -2.68. The van der Waals surface area contributed by atoms with Gasteiger partial charge < -0.3 is 72.1 Å². The number of rotatable bonds is 9. The topological polar surface area (TPSA) is 248 Å². The molecule has 0 bridgehead atoms. The second-order valence-corrected chi connectivity index (χ2v) is 9.68. The molecule has 14 nitrogen and oxygen atoms in total. The predicted octanol–water partition coefficient (Wildman–Crippen LogP) is -5.22. The summed E-state index contributed by atoms with van der Waals surface area (Å²) in [6, 6.07) is -2.38. The Morgan fingerprint density at radius 1 is 0.914 bits per heavy atom. The van der Waals surface area contributed by atoms with Gasteiger partial charge in [-0.25, -0.2) is 0 Å². The largest absolute Gasteiger partial charge is 0.391 e. The minimum Gasteiger partial charge on any atom is -0.391 e. The van der Waals surface area contributed by atoms with Crippen molar-refractivity contribution >= 4 is 0 Å². The first-order chi connectivity index (χ1) is 16.5. The van der Waals surface area contributed by atoms with Crippen molar-refractivity contribution in [3.63, 3.8) is 0 Å². The molecule has 1 saturated carbocycles. The predicted molar refractivity (Wildman–Crippen MR) is 120 cm³/mol. The fourth-order valence-electron chi connectivity index (χ4n) is 4.87. The molecule has 0 spiro atoms. The van der Waals surface area contributed by atoms with Gasteiger partial charge in [-0.3, -0.25) is 0 Å². The van der Waals surface area contributed by atoms with Crippen molar-refractivity contribution in [1.82, 2.24) is 5.32 Å². The van der Waals surface area contributed by atoms with E-state index in [1.54, 1.807) is 0 Å². The number of hydrogen-bond donors (Lipinski definition) is 10. The van der Waals surface area contributed by atoms with Crippen molar-refractivity contribution in [1.29, 1.82) is 0 Å². The Bertz CT molecular complexity index is 666. The van der Waals surface area contributed by atoms with Gasteiger partial charge in [-0.15, -0.1) is 0 Å². The Morgan fingerprint density at radius 3 is 2.14 bits per heavy atom. The van der Waals surface area contributed by atoms with Gasteiger partial charge in [-0.2, -0.15) is 0 Å². The van der Waals surface area contributed by atoms with Gasteiger partial charge in [0.1, 0.15) is 48.8 Å². The van der Waals surface area contributed by atoms with Crippen LogP contribution >= 0.6 is 0 Å². The average Bonchev–Trinajstić information content (AvgIpc) is 3.09. The van der Waals surface area contributed by atoms with Gasteiger partial charge in [0.05, 0.1) is 18.2 Å². The van der Waals surface area contributed by atoms with Crippen LogP contribution in [0.5, 0.6) is 0 Å². The molecular formula is C21H42N4O10. The van der Waals surface area contributed by atoms with Crippen LogP contribution in [0.2, 0.25) is 0 Å². The third kappa shape index (κ3) is 6.13. The Balaban J connectivity index is 1.82. The molecule has 13 N–H and O–H groups in total. The lowest BCUT2D eigenvalue weighted by Gasteiger charge is -2.48. The van der Waals surface area contributed by atoms with E-state index in [-0.39, 0.29) is 6.54 Å². The monoisotopic (exact) mass is 510 g/mol. The zero-order valence-electron chi connectivity index (χ0n) is 20.0. The third-order valence-corrected chi connectivity index (χ3v) is 6.97. The highest BCUT2D eigenvalue weighted by molar-refractivity contribution is 5.02.